The summed E-state index contributed by atoms with van der Waals surface area (Å²) in [7, 11) is -3.70. The summed E-state index contributed by atoms with van der Waals surface area (Å²) < 4.78 is 23.3. The fourth-order valence-corrected chi connectivity index (χ4v) is 4.21. The summed E-state index contributed by atoms with van der Waals surface area (Å²) in [5.41, 5.74) is -0.595. The van der Waals surface area contributed by atoms with Crippen molar-refractivity contribution in [1.29, 1.82) is 0 Å². The second kappa shape index (κ2) is 9.99. The monoisotopic (exact) mass is 541 g/mol. The standard InChI is InChI=1S/C24H20ClN5O6S/c1-3-30(18-6-4-5-7-19(18)31)23(34)13-8-9-16(25)17(11-13)27-21(32)15-10-14-12-26-24(37(2,35)36)29-20(14)28-22(15)33/h4-12,31H,3H2,1-2H3,(H,27,32)(H,26,28,29,33). The van der Waals surface area contributed by atoms with Crippen LogP contribution in [0, 0.1) is 0 Å². The molecule has 2 aromatic carbocycles. The van der Waals surface area contributed by atoms with Gasteiger partial charge in [0.1, 0.15) is 17.0 Å². The average molecular weight is 542 g/mol. The van der Waals surface area contributed by atoms with Gasteiger partial charge in [-0.05, 0) is 43.3 Å². The zero-order chi connectivity index (χ0) is 26.9. The van der Waals surface area contributed by atoms with Gasteiger partial charge in [0, 0.05) is 29.9 Å². The number of hydrogen-bond acceptors (Lipinski definition) is 8. The number of fused-ring (bicyclic) bond motifs is 1. The Morgan fingerprint density at radius 1 is 1.16 bits per heavy atom. The van der Waals surface area contributed by atoms with Crippen molar-refractivity contribution in [3.63, 3.8) is 0 Å². The van der Waals surface area contributed by atoms with E-state index in [1.807, 2.05) is 0 Å². The highest BCUT2D eigenvalue weighted by Gasteiger charge is 2.21. The van der Waals surface area contributed by atoms with E-state index in [9.17, 15) is 27.9 Å². The van der Waals surface area contributed by atoms with E-state index in [0.717, 1.165) is 6.26 Å². The molecular formula is C24H20ClN5O6S. The zero-order valence-electron chi connectivity index (χ0n) is 19.5. The number of sulfone groups is 1. The number of phenolic OH excluding ortho intramolecular Hbond substituents is 1. The molecule has 0 saturated carbocycles. The summed E-state index contributed by atoms with van der Waals surface area (Å²) in [5, 5.41) is 12.6. The van der Waals surface area contributed by atoms with Crippen LogP contribution < -0.4 is 15.8 Å². The molecule has 190 valence electrons. The first-order chi connectivity index (χ1) is 17.5. The Hall–Kier alpha value is -4.29. The quantitative estimate of drug-likeness (QED) is 0.314. The predicted octanol–water partition coefficient (Wildman–Crippen LogP) is 3.00. The van der Waals surface area contributed by atoms with Gasteiger partial charge in [-0.15, -0.1) is 0 Å². The normalized spacial score (nSPS) is 11.3. The van der Waals surface area contributed by atoms with Gasteiger partial charge in [-0.3, -0.25) is 14.4 Å². The lowest BCUT2D eigenvalue weighted by molar-refractivity contribution is 0.0985. The molecule has 0 aliphatic rings. The van der Waals surface area contributed by atoms with E-state index in [1.165, 1.54) is 41.4 Å². The van der Waals surface area contributed by atoms with Crippen LogP contribution in [0.25, 0.3) is 11.0 Å². The van der Waals surface area contributed by atoms with Crippen LogP contribution in [-0.2, 0) is 9.84 Å². The third-order valence-electron chi connectivity index (χ3n) is 5.34. The molecule has 0 saturated heterocycles. The fourth-order valence-electron chi connectivity index (χ4n) is 3.54. The summed E-state index contributed by atoms with van der Waals surface area (Å²) in [4.78, 5) is 50.0. The highest BCUT2D eigenvalue weighted by molar-refractivity contribution is 7.90. The molecule has 37 heavy (non-hydrogen) atoms. The fraction of sp³-hybridized carbons (Fsp3) is 0.125. The SMILES string of the molecule is CCN(C(=O)c1ccc(Cl)c(NC(=O)c2cc3cnc(S(C)(=O)=O)nc3[nH]c2=O)c1)c1ccccc1O. The lowest BCUT2D eigenvalue weighted by Crippen LogP contribution is -2.30. The summed E-state index contributed by atoms with van der Waals surface area (Å²) >= 11 is 6.24. The van der Waals surface area contributed by atoms with Crippen molar-refractivity contribution in [3.05, 3.63) is 81.2 Å². The molecule has 0 radical (unpaired) electrons. The topological polar surface area (TPSA) is 162 Å². The number of carbonyl (C=O) groups excluding carboxylic acids is 2. The van der Waals surface area contributed by atoms with Gasteiger partial charge < -0.3 is 20.3 Å². The van der Waals surface area contributed by atoms with Crippen molar-refractivity contribution >= 4 is 55.7 Å². The average Bonchev–Trinajstić information content (AvgIpc) is 2.85. The molecular weight excluding hydrogens is 522 g/mol. The summed E-state index contributed by atoms with van der Waals surface area (Å²) in [6.07, 6.45) is 2.11. The molecule has 3 N–H and O–H groups in total. The predicted molar refractivity (Wildman–Crippen MR) is 138 cm³/mol. The van der Waals surface area contributed by atoms with Crippen LogP contribution in [-0.4, -0.2) is 53.1 Å². The Morgan fingerprint density at radius 3 is 2.57 bits per heavy atom. The molecule has 4 rings (SSSR count). The van der Waals surface area contributed by atoms with Crippen LogP contribution in [0.4, 0.5) is 11.4 Å². The van der Waals surface area contributed by atoms with E-state index in [2.05, 4.69) is 20.3 Å². The van der Waals surface area contributed by atoms with Crippen LogP contribution in [0.15, 0.2) is 64.7 Å². The number of nitrogens with one attached hydrogen (secondary N) is 2. The molecule has 2 heterocycles. The van der Waals surface area contributed by atoms with Gasteiger partial charge in [0.15, 0.2) is 0 Å². The van der Waals surface area contributed by atoms with Crippen LogP contribution in [0.3, 0.4) is 0 Å². The van der Waals surface area contributed by atoms with Gasteiger partial charge in [0.05, 0.1) is 16.4 Å². The minimum absolute atomic E-state index is 0.0496. The summed E-state index contributed by atoms with van der Waals surface area (Å²) in [5.74, 6) is -1.34. The molecule has 0 spiro atoms. The smallest absolute Gasteiger partial charge is 0.262 e. The molecule has 13 heteroatoms. The number of aromatic hydroxyl groups is 1. The van der Waals surface area contributed by atoms with Crippen LogP contribution in [0.1, 0.15) is 27.6 Å². The van der Waals surface area contributed by atoms with Gasteiger partial charge in [0.2, 0.25) is 15.0 Å². The Labute approximate surface area is 215 Å². The highest BCUT2D eigenvalue weighted by Crippen LogP contribution is 2.29. The second-order valence-corrected chi connectivity index (χ2v) is 10.2. The van der Waals surface area contributed by atoms with Crippen molar-refractivity contribution in [1.82, 2.24) is 15.0 Å². The third-order valence-corrected chi connectivity index (χ3v) is 6.53. The molecule has 4 aromatic rings. The number of phenols is 1. The number of benzene rings is 2. The van der Waals surface area contributed by atoms with E-state index < -0.39 is 32.4 Å². The van der Waals surface area contributed by atoms with Crippen LogP contribution >= 0.6 is 11.6 Å². The Balaban J connectivity index is 1.65. The Morgan fingerprint density at radius 2 is 1.89 bits per heavy atom. The number of halogens is 1. The van der Waals surface area contributed by atoms with E-state index in [1.54, 1.807) is 25.1 Å². The number of nitrogens with zero attached hydrogens (tertiary/aromatic N) is 3. The first-order valence-electron chi connectivity index (χ1n) is 10.8. The zero-order valence-corrected chi connectivity index (χ0v) is 21.1. The van der Waals surface area contributed by atoms with Gasteiger partial charge in [0.25, 0.3) is 17.4 Å². The molecule has 0 fully saturated rings. The van der Waals surface area contributed by atoms with Gasteiger partial charge >= 0.3 is 0 Å². The number of hydrogen-bond donors (Lipinski definition) is 3. The van der Waals surface area contributed by atoms with Crippen molar-refractivity contribution in [2.45, 2.75) is 12.1 Å². The number of carbonyl (C=O) groups is 2. The van der Waals surface area contributed by atoms with Crippen LogP contribution in [0.2, 0.25) is 5.02 Å². The van der Waals surface area contributed by atoms with E-state index in [-0.39, 0.29) is 45.2 Å². The third kappa shape index (κ3) is 5.29. The largest absolute Gasteiger partial charge is 0.506 e. The number of aromatic amines is 1. The number of anilines is 2. The number of para-hydroxylation sites is 2. The number of rotatable bonds is 6. The number of H-pyrrole nitrogens is 1. The Kier molecular flexibility index (Phi) is 6.96. The molecule has 0 bridgehead atoms. The molecule has 2 amide bonds. The van der Waals surface area contributed by atoms with E-state index in [0.29, 0.717) is 5.69 Å². The maximum absolute atomic E-state index is 13.2. The number of aromatic nitrogens is 3. The molecule has 11 nitrogen and oxygen atoms in total. The lowest BCUT2D eigenvalue weighted by Gasteiger charge is -2.22. The molecule has 0 aliphatic heterocycles. The van der Waals surface area contributed by atoms with Crippen LogP contribution in [0.5, 0.6) is 5.75 Å². The minimum atomic E-state index is -3.70. The number of pyridine rings is 1. The van der Waals surface area contributed by atoms with E-state index in [4.69, 9.17) is 11.6 Å². The highest BCUT2D eigenvalue weighted by atomic mass is 35.5. The van der Waals surface area contributed by atoms with Gasteiger partial charge in [-0.2, -0.15) is 0 Å². The molecule has 0 atom stereocenters. The lowest BCUT2D eigenvalue weighted by atomic mass is 10.1. The number of amides is 2. The van der Waals surface area contributed by atoms with Crippen molar-refractivity contribution < 1.29 is 23.1 Å². The molecule has 0 unspecified atom stereocenters. The summed E-state index contributed by atoms with van der Waals surface area (Å²) in [6, 6.07) is 11.9. The Bertz CT molecular complexity index is 1720. The van der Waals surface area contributed by atoms with Crippen molar-refractivity contribution in [2.75, 3.05) is 23.0 Å². The first kappa shape index (κ1) is 25.8. The maximum Gasteiger partial charge on any atom is 0.262 e. The van der Waals surface area contributed by atoms with Crippen molar-refractivity contribution in [2.24, 2.45) is 0 Å². The van der Waals surface area contributed by atoms with Gasteiger partial charge in [-0.1, -0.05) is 23.7 Å². The molecule has 0 aliphatic carbocycles. The summed E-state index contributed by atoms with van der Waals surface area (Å²) in [6.45, 7) is 2.01. The second-order valence-electron chi connectivity index (χ2n) is 7.93. The van der Waals surface area contributed by atoms with Gasteiger partial charge in [-0.25, -0.2) is 18.4 Å². The first-order valence-corrected chi connectivity index (χ1v) is 13.1. The minimum Gasteiger partial charge on any atom is -0.506 e. The molecule has 2 aromatic heterocycles. The maximum atomic E-state index is 13.2. The van der Waals surface area contributed by atoms with Crippen molar-refractivity contribution in [3.8, 4) is 5.75 Å². The van der Waals surface area contributed by atoms with E-state index >= 15 is 0 Å².